The topological polar surface area (TPSA) is 85.1 Å². The van der Waals surface area contributed by atoms with Crippen LogP contribution in [0.2, 0.25) is 0 Å². The number of nitrogens with two attached hydrogens (primary N) is 1. The van der Waals surface area contributed by atoms with E-state index in [1.807, 2.05) is 13.0 Å². The van der Waals surface area contributed by atoms with Crippen molar-refractivity contribution in [3.05, 3.63) is 11.9 Å². The molecule has 1 aliphatic rings. The van der Waals surface area contributed by atoms with Crippen molar-refractivity contribution >= 4 is 11.6 Å². The highest BCUT2D eigenvalue weighted by molar-refractivity contribution is 5.47. The summed E-state index contributed by atoms with van der Waals surface area (Å²) in [5, 5.41) is 3.56. The van der Waals surface area contributed by atoms with Crippen LogP contribution in [0.3, 0.4) is 0 Å². The summed E-state index contributed by atoms with van der Waals surface area (Å²) in [6, 6.07) is 2.32. The number of aromatic nitrogens is 2. The maximum absolute atomic E-state index is 5.49. The molecule has 0 radical (unpaired) electrons. The van der Waals surface area contributed by atoms with Crippen LogP contribution in [0.1, 0.15) is 51.8 Å². The van der Waals surface area contributed by atoms with Crippen molar-refractivity contribution in [2.45, 2.75) is 58.6 Å². The molecule has 0 amide bonds. The maximum Gasteiger partial charge on any atom is 0.158 e. The third-order valence-corrected chi connectivity index (χ3v) is 4.05. The van der Waals surface area contributed by atoms with Gasteiger partial charge in [-0.2, -0.15) is 0 Å². The molecule has 2 atom stereocenters. The molecule has 0 spiro atoms. The lowest BCUT2D eigenvalue weighted by molar-refractivity contribution is 0.128. The van der Waals surface area contributed by atoms with Crippen molar-refractivity contribution in [1.29, 1.82) is 0 Å². The zero-order valence-electron chi connectivity index (χ0n) is 13.1. The molecule has 0 bridgehead atoms. The predicted octanol–water partition coefficient (Wildman–Crippen LogP) is 2.68. The van der Waals surface area contributed by atoms with Crippen LogP contribution in [0.15, 0.2) is 6.07 Å². The molecule has 1 aromatic heterocycles. The van der Waals surface area contributed by atoms with Gasteiger partial charge in [0.2, 0.25) is 0 Å². The van der Waals surface area contributed by atoms with Crippen LogP contribution in [0, 0.1) is 5.92 Å². The monoisotopic (exact) mass is 293 g/mol. The third-order valence-electron chi connectivity index (χ3n) is 4.05. The van der Waals surface area contributed by atoms with Gasteiger partial charge in [-0.05, 0) is 25.7 Å². The highest BCUT2D eigenvalue weighted by atomic mass is 16.5. The smallest absolute Gasteiger partial charge is 0.158 e. The fraction of sp³-hybridized carbons (Fsp3) is 0.733. The fourth-order valence-electron chi connectivity index (χ4n) is 2.80. The van der Waals surface area contributed by atoms with E-state index in [1.165, 1.54) is 32.1 Å². The molecule has 21 heavy (non-hydrogen) atoms. The Kier molecular flexibility index (Phi) is 6.20. The number of rotatable bonds is 6. The fourth-order valence-corrected chi connectivity index (χ4v) is 2.80. The van der Waals surface area contributed by atoms with Crippen molar-refractivity contribution in [3.8, 4) is 0 Å². The second-order valence-electron chi connectivity index (χ2n) is 5.70. The number of anilines is 2. The van der Waals surface area contributed by atoms with Gasteiger partial charge in [0.15, 0.2) is 5.82 Å². The Bertz CT molecular complexity index is 440. The van der Waals surface area contributed by atoms with Crippen molar-refractivity contribution < 1.29 is 4.74 Å². The van der Waals surface area contributed by atoms with Crippen LogP contribution in [-0.2, 0) is 11.3 Å². The van der Waals surface area contributed by atoms with Crippen LogP contribution < -0.4 is 16.6 Å². The van der Waals surface area contributed by atoms with E-state index in [4.69, 9.17) is 10.6 Å². The molecule has 2 rings (SSSR count). The summed E-state index contributed by atoms with van der Waals surface area (Å²) in [5.41, 5.74) is 2.60. The normalized spacial score (nSPS) is 22.6. The minimum Gasteiger partial charge on any atom is -0.374 e. The first-order valence-electron chi connectivity index (χ1n) is 7.91. The number of hydrogen-bond donors (Lipinski definition) is 3. The number of hydrazine groups is 1. The van der Waals surface area contributed by atoms with Crippen LogP contribution in [0.5, 0.6) is 0 Å². The van der Waals surface area contributed by atoms with Crippen molar-refractivity contribution in [2.24, 2.45) is 11.8 Å². The van der Waals surface area contributed by atoms with Crippen LogP contribution in [0.4, 0.5) is 11.6 Å². The summed E-state index contributed by atoms with van der Waals surface area (Å²) in [6.45, 7) is 5.32. The van der Waals surface area contributed by atoms with Crippen molar-refractivity contribution in [1.82, 2.24) is 9.97 Å². The first-order valence-corrected chi connectivity index (χ1v) is 7.91. The van der Waals surface area contributed by atoms with E-state index in [2.05, 4.69) is 27.6 Å². The molecule has 4 N–H and O–H groups in total. The Morgan fingerprint density at radius 1 is 1.24 bits per heavy atom. The van der Waals surface area contributed by atoms with E-state index < -0.39 is 0 Å². The molecule has 1 aromatic rings. The van der Waals surface area contributed by atoms with Gasteiger partial charge in [-0.1, -0.05) is 26.2 Å². The summed E-state index contributed by atoms with van der Waals surface area (Å²) >= 11 is 0. The summed E-state index contributed by atoms with van der Waals surface area (Å²) < 4.78 is 5.38. The SMILES string of the molecule is CCOCc1nc(NN)cc(NC2CCCCCC2C)n1. The highest BCUT2D eigenvalue weighted by Crippen LogP contribution is 2.26. The molecule has 6 nitrogen and oxygen atoms in total. The quantitative estimate of drug-likeness (QED) is 0.425. The second kappa shape index (κ2) is 8.14. The summed E-state index contributed by atoms with van der Waals surface area (Å²) in [7, 11) is 0. The average molecular weight is 293 g/mol. The molecule has 6 heteroatoms. The van der Waals surface area contributed by atoms with Crippen LogP contribution in [-0.4, -0.2) is 22.6 Å². The largest absolute Gasteiger partial charge is 0.374 e. The molecule has 1 aliphatic carbocycles. The molecule has 1 heterocycles. The van der Waals surface area contributed by atoms with Gasteiger partial charge in [0, 0.05) is 18.7 Å². The Morgan fingerprint density at radius 2 is 2.00 bits per heavy atom. The molecule has 0 saturated heterocycles. The maximum atomic E-state index is 5.49. The third kappa shape index (κ3) is 4.82. The van der Waals surface area contributed by atoms with E-state index in [-0.39, 0.29) is 0 Å². The lowest BCUT2D eigenvalue weighted by Gasteiger charge is -2.23. The van der Waals surface area contributed by atoms with Crippen LogP contribution in [0.25, 0.3) is 0 Å². The number of nitrogen functional groups attached to an aromatic ring is 1. The second-order valence-corrected chi connectivity index (χ2v) is 5.70. The van der Waals surface area contributed by atoms with Gasteiger partial charge in [0.25, 0.3) is 0 Å². The predicted molar refractivity (Wildman–Crippen MR) is 84.8 cm³/mol. The molecule has 1 saturated carbocycles. The summed E-state index contributed by atoms with van der Waals surface area (Å²) in [6.07, 6.45) is 6.40. The Morgan fingerprint density at radius 3 is 2.76 bits per heavy atom. The highest BCUT2D eigenvalue weighted by Gasteiger charge is 2.20. The molecule has 0 aromatic carbocycles. The molecule has 0 aliphatic heterocycles. The molecule has 1 fully saturated rings. The van der Waals surface area contributed by atoms with E-state index in [1.54, 1.807) is 0 Å². The Hall–Kier alpha value is -1.40. The molecule has 118 valence electrons. The van der Waals surface area contributed by atoms with Gasteiger partial charge in [-0.3, -0.25) is 0 Å². The number of hydrogen-bond acceptors (Lipinski definition) is 6. The zero-order valence-corrected chi connectivity index (χ0v) is 13.1. The van der Waals surface area contributed by atoms with Gasteiger partial charge in [0.05, 0.1) is 0 Å². The average Bonchev–Trinajstić information content (AvgIpc) is 2.70. The Labute approximate surface area is 126 Å². The van der Waals surface area contributed by atoms with Crippen molar-refractivity contribution in [3.63, 3.8) is 0 Å². The van der Waals surface area contributed by atoms with E-state index in [0.29, 0.717) is 36.8 Å². The molecular weight excluding hydrogens is 266 g/mol. The lowest BCUT2D eigenvalue weighted by atomic mass is 9.97. The number of ether oxygens (including phenoxy) is 1. The van der Waals surface area contributed by atoms with Gasteiger partial charge in [0.1, 0.15) is 18.2 Å². The zero-order chi connectivity index (χ0) is 15.1. The minimum atomic E-state index is 0.404. The van der Waals surface area contributed by atoms with Gasteiger partial charge in [-0.15, -0.1) is 0 Å². The summed E-state index contributed by atoms with van der Waals surface area (Å²) in [4.78, 5) is 8.84. The molecule has 2 unspecified atom stereocenters. The first kappa shape index (κ1) is 16.0. The first-order chi connectivity index (χ1) is 10.2. The summed E-state index contributed by atoms with van der Waals surface area (Å²) in [5.74, 6) is 8.24. The van der Waals surface area contributed by atoms with E-state index in [0.717, 1.165) is 5.82 Å². The Balaban J connectivity index is 2.09. The van der Waals surface area contributed by atoms with Crippen molar-refractivity contribution in [2.75, 3.05) is 17.3 Å². The van der Waals surface area contributed by atoms with E-state index in [9.17, 15) is 0 Å². The number of nitrogens with zero attached hydrogens (tertiary/aromatic N) is 2. The molecular formula is C15H27N5O. The van der Waals surface area contributed by atoms with Gasteiger partial charge < -0.3 is 15.5 Å². The van der Waals surface area contributed by atoms with Crippen LogP contribution >= 0.6 is 0 Å². The van der Waals surface area contributed by atoms with Gasteiger partial charge >= 0.3 is 0 Å². The van der Waals surface area contributed by atoms with E-state index >= 15 is 0 Å². The minimum absolute atomic E-state index is 0.404. The standard InChI is InChI=1S/C15H27N5O/c1-3-21-10-15-18-13(9-14(19-15)20-16)17-12-8-6-4-5-7-11(12)2/h9,11-12H,3-8,10,16H2,1-2H3,(H2,17,18,19,20). The number of nitrogens with one attached hydrogen (secondary N) is 2. The van der Waals surface area contributed by atoms with Gasteiger partial charge in [-0.25, -0.2) is 15.8 Å². The lowest BCUT2D eigenvalue weighted by Crippen LogP contribution is -2.27.